The van der Waals surface area contributed by atoms with E-state index in [4.69, 9.17) is 15.0 Å². The smallest absolute Gasteiger partial charge is 0.166 e. The second-order valence-corrected chi connectivity index (χ2v) is 13.9. The van der Waals surface area contributed by atoms with Crippen LogP contribution >= 0.6 is 0 Å². The summed E-state index contributed by atoms with van der Waals surface area (Å²) >= 11 is 0. The number of nitrogens with zero attached hydrogens (tertiary/aromatic N) is 6. The number of aromatic nitrogens is 6. The van der Waals surface area contributed by atoms with Crippen LogP contribution in [-0.2, 0) is 0 Å². The lowest BCUT2D eigenvalue weighted by molar-refractivity contribution is 1.06. The Morgan fingerprint density at radius 3 is 1.43 bits per heavy atom. The lowest BCUT2D eigenvalue weighted by atomic mass is 10.0. The van der Waals surface area contributed by atoms with E-state index in [1.807, 2.05) is 85.2 Å². The molecule has 0 amide bonds. The Morgan fingerprint density at radius 1 is 0.321 bits per heavy atom. The molecular formula is C50H32N6. The summed E-state index contributed by atoms with van der Waals surface area (Å²) in [5.41, 5.74) is 11.5. The maximum absolute atomic E-state index is 5.22. The van der Waals surface area contributed by atoms with E-state index in [2.05, 4.69) is 123 Å². The predicted molar refractivity (Wildman–Crippen MR) is 228 cm³/mol. The van der Waals surface area contributed by atoms with Crippen molar-refractivity contribution in [2.24, 2.45) is 0 Å². The number of benzene rings is 7. The Hall–Kier alpha value is -7.70. The summed E-state index contributed by atoms with van der Waals surface area (Å²) in [6.45, 7) is 0. The molecule has 0 fully saturated rings. The van der Waals surface area contributed by atoms with E-state index in [9.17, 15) is 0 Å². The highest BCUT2D eigenvalue weighted by atomic mass is 15.1. The molecule has 0 radical (unpaired) electrons. The first-order valence-corrected chi connectivity index (χ1v) is 18.7. The van der Waals surface area contributed by atoms with E-state index in [-0.39, 0.29) is 0 Å². The van der Waals surface area contributed by atoms with Crippen molar-refractivity contribution in [1.29, 1.82) is 0 Å². The number of hydrogen-bond donors (Lipinski definition) is 0. The minimum atomic E-state index is 0.594. The van der Waals surface area contributed by atoms with Crippen LogP contribution in [0.3, 0.4) is 0 Å². The van der Waals surface area contributed by atoms with Crippen LogP contribution in [0, 0.1) is 0 Å². The van der Waals surface area contributed by atoms with Crippen LogP contribution in [0.1, 0.15) is 0 Å². The predicted octanol–water partition coefficient (Wildman–Crippen LogP) is 12.1. The fourth-order valence-corrected chi connectivity index (χ4v) is 8.12. The molecule has 11 rings (SSSR count). The summed E-state index contributed by atoms with van der Waals surface area (Å²) in [6.07, 6.45) is 3.66. The molecule has 4 aromatic heterocycles. The van der Waals surface area contributed by atoms with Crippen LogP contribution < -0.4 is 0 Å². The van der Waals surface area contributed by atoms with Gasteiger partial charge >= 0.3 is 0 Å². The van der Waals surface area contributed by atoms with Crippen molar-refractivity contribution in [3.05, 3.63) is 194 Å². The molecule has 0 saturated heterocycles. The highest BCUT2D eigenvalue weighted by Crippen LogP contribution is 2.40. The van der Waals surface area contributed by atoms with Gasteiger partial charge in [-0.2, -0.15) is 0 Å². The van der Waals surface area contributed by atoms with Gasteiger partial charge in [-0.3, -0.25) is 4.98 Å². The van der Waals surface area contributed by atoms with Gasteiger partial charge in [0.25, 0.3) is 0 Å². The molecule has 0 saturated carbocycles. The number of pyridine rings is 1. The Balaban J connectivity index is 1.19. The van der Waals surface area contributed by atoms with Gasteiger partial charge in [0.05, 0.1) is 27.8 Å². The van der Waals surface area contributed by atoms with E-state index >= 15 is 0 Å². The molecule has 0 aliphatic carbocycles. The zero-order chi connectivity index (χ0) is 37.0. The summed E-state index contributed by atoms with van der Waals surface area (Å²) in [7, 11) is 0. The van der Waals surface area contributed by atoms with Crippen LogP contribution in [-0.4, -0.2) is 29.1 Å². The average molecular weight is 717 g/mol. The normalized spacial score (nSPS) is 11.6. The van der Waals surface area contributed by atoms with Crippen molar-refractivity contribution < 1.29 is 0 Å². The van der Waals surface area contributed by atoms with E-state index in [0.29, 0.717) is 17.5 Å². The summed E-state index contributed by atoms with van der Waals surface area (Å²) < 4.78 is 4.74. The first-order valence-electron chi connectivity index (χ1n) is 18.7. The van der Waals surface area contributed by atoms with Gasteiger partial charge < -0.3 is 9.13 Å². The van der Waals surface area contributed by atoms with E-state index < -0.39 is 0 Å². The summed E-state index contributed by atoms with van der Waals surface area (Å²) in [4.78, 5) is 19.7. The second-order valence-electron chi connectivity index (χ2n) is 13.9. The molecule has 0 spiro atoms. The molecule has 0 aliphatic rings. The summed E-state index contributed by atoms with van der Waals surface area (Å²) in [6, 6.07) is 63.7. The highest BCUT2D eigenvalue weighted by Gasteiger charge is 2.21. The molecule has 0 N–H and O–H groups in total. The molecule has 6 nitrogen and oxygen atoms in total. The number of para-hydroxylation sites is 3. The van der Waals surface area contributed by atoms with Crippen LogP contribution in [0.25, 0.3) is 100 Å². The largest absolute Gasteiger partial charge is 0.309 e. The SMILES string of the molecule is c1ccc(-c2nc(-c3ccccc3)nc(-c3cc(-c4ccncc4)ccc3-n3c4ccccc4c4cc(-n5c6ccccc6c6ccccc65)ccc43)n2)cc1. The molecule has 6 heteroatoms. The molecule has 0 atom stereocenters. The van der Waals surface area contributed by atoms with Gasteiger partial charge in [0.1, 0.15) is 0 Å². The first kappa shape index (κ1) is 31.8. The molecule has 0 aliphatic heterocycles. The Morgan fingerprint density at radius 2 is 0.821 bits per heavy atom. The van der Waals surface area contributed by atoms with Crippen molar-refractivity contribution in [1.82, 2.24) is 29.1 Å². The van der Waals surface area contributed by atoms with E-state index in [1.165, 1.54) is 27.2 Å². The third-order valence-corrected chi connectivity index (χ3v) is 10.7. The standard InChI is InChI=1S/C50H32N6/c1-3-13-34(14-4-1)48-52-49(35-15-5-2-6-16-35)54-50(53-48)42-31-36(33-27-29-51-30-28-33)23-25-47(42)56-45-22-12-9-19-40(45)41-32-37(24-26-46(41)56)55-43-20-10-7-17-38(43)39-18-8-11-21-44(39)55/h1-32H. The Bertz CT molecular complexity index is 3130. The highest BCUT2D eigenvalue weighted by molar-refractivity contribution is 6.12. The molecule has 11 aromatic rings. The number of rotatable bonds is 6. The van der Waals surface area contributed by atoms with Gasteiger partial charge in [0, 0.05) is 56.3 Å². The molecule has 0 bridgehead atoms. The quantitative estimate of drug-likeness (QED) is 0.172. The lowest BCUT2D eigenvalue weighted by Crippen LogP contribution is -2.04. The average Bonchev–Trinajstić information content (AvgIpc) is 3.79. The zero-order valence-electron chi connectivity index (χ0n) is 30.2. The topological polar surface area (TPSA) is 61.4 Å². The molecule has 262 valence electrons. The minimum Gasteiger partial charge on any atom is -0.309 e. The third kappa shape index (κ3) is 5.19. The van der Waals surface area contributed by atoms with Crippen LogP contribution in [0.2, 0.25) is 0 Å². The Labute approximate surface area is 322 Å². The van der Waals surface area contributed by atoms with Crippen molar-refractivity contribution in [2.75, 3.05) is 0 Å². The van der Waals surface area contributed by atoms with Gasteiger partial charge in [-0.1, -0.05) is 121 Å². The number of fused-ring (bicyclic) bond motifs is 6. The molecule has 56 heavy (non-hydrogen) atoms. The summed E-state index contributed by atoms with van der Waals surface area (Å²) in [5.74, 6) is 1.83. The fraction of sp³-hybridized carbons (Fsp3) is 0. The van der Waals surface area contributed by atoms with Crippen molar-refractivity contribution >= 4 is 43.6 Å². The Kier molecular flexibility index (Phi) is 7.38. The molecule has 4 heterocycles. The molecular weight excluding hydrogens is 685 g/mol. The lowest BCUT2D eigenvalue weighted by Gasteiger charge is -2.16. The van der Waals surface area contributed by atoms with Crippen molar-refractivity contribution in [3.63, 3.8) is 0 Å². The third-order valence-electron chi connectivity index (χ3n) is 10.7. The van der Waals surface area contributed by atoms with Crippen molar-refractivity contribution in [2.45, 2.75) is 0 Å². The fourth-order valence-electron chi connectivity index (χ4n) is 8.12. The summed E-state index contributed by atoms with van der Waals surface area (Å²) in [5, 5.41) is 4.81. The van der Waals surface area contributed by atoms with Gasteiger partial charge in [0.2, 0.25) is 0 Å². The van der Waals surface area contributed by atoms with E-state index in [1.54, 1.807) is 0 Å². The van der Waals surface area contributed by atoms with Crippen LogP contribution in [0.4, 0.5) is 0 Å². The minimum absolute atomic E-state index is 0.594. The molecule has 0 unspecified atom stereocenters. The van der Waals surface area contributed by atoms with Gasteiger partial charge in [-0.25, -0.2) is 15.0 Å². The van der Waals surface area contributed by atoms with Crippen LogP contribution in [0.5, 0.6) is 0 Å². The number of hydrogen-bond acceptors (Lipinski definition) is 4. The van der Waals surface area contributed by atoms with Gasteiger partial charge in [0.15, 0.2) is 17.5 Å². The van der Waals surface area contributed by atoms with E-state index in [0.717, 1.165) is 55.6 Å². The zero-order valence-corrected chi connectivity index (χ0v) is 30.2. The maximum atomic E-state index is 5.22. The van der Waals surface area contributed by atoms with Gasteiger partial charge in [-0.05, 0) is 71.8 Å². The maximum Gasteiger partial charge on any atom is 0.166 e. The second kappa shape index (κ2) is 13.0. The van der Waals surface area contributed by atoms with Crippen molar-refractivity contribution in [3.8, 4) is 56.7 Å². The van der Waals surface area contributed by atoms with Crippen LogP contribution in [0.15, 0.2) is 194 Å². The monoisotopic (exact) mass is 716 g/mol. The first-order chi connectivity index (χ1) is 27.8. The van der Waals surface area contributed by atoms with Gasteiger partial charge in [-0.15, -0.1) is 0 Å². The molecule has 7 aromatic carbocycles.